The summed E-state index contributed by atoms with van der Waals surface area (Å²) in [6.07, 6.45) is 4.08. The van der Waals surface area contributed by atoms with Crippen molar-refractivity contribution in [3.8, 4) is 0 Å². The third-order valence-electron chi connectivity index (χ3n) is 4.48. The van der Waals surface area contributed by atoms with Gasteiger partial charge in [0.15, 0.2) is 0 Å². The molecule has 1 aliphatic heterocycles. The van der Waals surface area contributed by atoms with Crippen LogP contribution >= 0.6 is 0 Å². The molecule has 1 heterocycles. The van der Waals surface area contributed by atoms with Gasteiger partial charge >= 0.3 is 0 Å². The summed E-state index contributed by atoms with van der Waals surface area (Å²) in [5, 5.41) is 14.3. The lowest BCUT2D eigenvalue weighted by Gasteiger charge is -2.48. The van der Waals surface area contributed by atoms with E-state index in [0.717, 1.165) is 24.9 Å². The highest BCUT2D eigenvalue weighted by atomic mass is 19.1. The average molecular weight is 265 g/mol. The first kappa shape index (κ1) is 12.9. The van der Waals surface area contributed by atoms with Crippen molar-refractivity contribution in [2.75, 3.05) is 18.5 Å². The van der Waals surface area contributed by atoms with Crippen molar-refractivity contribution >= 4 is 5.69 Å². The summed E-state index contributed by atoms with van der Waals surface area (Å²) in [7, 11) is 0. The number of nitrogens with one attached hydrogen (secondary N) is 1. The van der Waals surface area contributed by atoms with Crippen molar-refractivity contribution in [2.24, 2.45) is 5.92 Å². The Balaban J connectivity index is 1.77. The van der Waals surface area contributed by atoms with Crippen LogP contribution in [0, 0.1) is 11.7 Å². The highest BCUT2D eigenvalue weighted by Gasteiger charge is 2.48. The van der Waals surface area contributed by atoms with Crippen LogP contribution in [-0.2, 0) is 4.74 Å². The molecular weight excluding hydrogens is 245 g/mol. The highest BCUT2D eigenvalue weighted by Crippen LogP contribution is 2.40. The fourth-order valence-corrected chi connectivity index (χ4v) is 3.33. The lowest BCUT2D eigenvalue weighted by molar-refractivity contribution is -0.139. The summed E-state index contributed by atoms with van der Waals surface area (Å²) in [6, 6.07) is 6.14. The molecule has 1 saturated carbocycles. The molecule has 0 radical (unpaired) electrons. The van der Waals surface area contributed by atoms with E-state index in [1.54, 1.807) is 12.1 Å². The molecule has 0 amide bonds. The van der Waals surface area contributed by atoms with Crippen molar-refractivity contribution in [3.63, 3.8) is 0 Å². The van der Waals surface area contributed by atoms with E-state index >= 15 is 0 Å². The van der Waals surface area contributed by atoms with Gasteiger partial charge in [-0.25, -0.2) is 4.39 Å². The van der Waals surface area contributed by atoms with E-state index in [1.165, 1.54) is 18.6 Å². The van der Waals surface area contributed by atoms with E-state index in [4.69, 9.17) is 4.74 Å². The van der Waals surface area contributed by atoms with Gasteiger partial charge in [0.2, 0.25) is 0 Å². The normalized spacial score (nSPS) is 34.6. The lowest BCUT2D eigenvalue weighted by Crippen LogP contribution is -2.60. The van der Waals surface area contributed by atoms with Gasteiger partial charge in [0.1, 0.15) is 5.82 Å². The number of fused-ring (bicyclic) bond motifs is 1. The zero-order valence-electron chi connectivity index (χ0n) is 10.9. The Hall–Kier alpha value is -1.13. The third kappa shape index (κ3) is 2.47. The van der Waals surface area contributed by atoms with Crippen LogP contribution in [0.4, 0.5) is 10.1 Å². The molecule has 0 unspecified atom stereocenters. The van der Waals surface area contributed by atoms with E-state index in [-0.39, 0.29) is 17.8 Å². The zero-order valence-corrected chi connectivity index (χ0v) is 10.9. The Labute approximate surface area is 112 Å². The monoisotopic (exact) mass is 265 g/mol. The summed E-state index contributed by atoms with van der Waals surface area (Å²) in [4.78, 5) is 0. The van der Waals surface area contributed by atoms with Gasteiger partial charge in [-0.3, -0.25) is 0 Å². The molecule has 1 aromatic rings. The highest BCUT2D eigenvalue weighted by molar-refractivity contribution is 5.44. The van der Waals surface area contributed by atoms with Crippen LogP contribution in [0.5, 0.6) is 0 Å². The number of benzene rings is 1. The van der Waals surface area contributed by atoms with Crippen LogP contribution in [0.1, 0.15) is 25.7 Å². The molecule has 0 bridgehead atoms. The van der Waals surface area contributed by atoms with E-state index in [2.05, 4.69) is 5.32 Å². The molecule has 2 fully saturated rings. The molecule has 3 rings (SSSR count). The Morgan fingerprint density at radius 1 is 1.21 bits per heavy atom. The predicted molar refractivity (Wildman–Crippen MR) is 71.5 cm³/mol. The minimum absolute atomic E-state index is 0.114. The second-order valence-corrected chi connectivity index (χ2v) is 5.68. The molecular formula is C15H20FNO2. The largest absolute Gasteiger partial charge is 0.387 e. The Morgan fingerprint density at radius 3 is 2.79 bits per heavy atom. The van der Waals surface area contributed by atoms with E-state index in [1.807, 2.05) is 0 Å². The van der Waals surface area contributed by atoms with Crippen LogP contribution in [0.15, 0.2) is 24.3 Å². The second-order valence-electron chi connectivity index (χ2n) is 5.68. The molecule has 4 heteroatoms. The molecule has 0 spiro atoms. The van der Waals surface area contributed by atoms with Crippen LogP contribution in [0.25, 0.3) is 0 Å². The molecule has 3 nitrogen and oxygen atoms in total. The van der Waals surface area contributed by atoms with Gasteiger partial charge in [0.25, 0.3) is 0 Å². The summed E-state index contributed by atoms with van der Waals surface area (Å²) >= 11 is 0. The molecule has 1 aromatic carbocycles. The standard InChI is InChI=1S/C15H20FNO2/c16-12-4-6-13(7-5-12)17-14-10-19-9-11-3-1-2-8-15(11,14)18/h4-7,11,14,17-18H,1-3,8-10H2/t11-,14+,15+/m1/s1. The topological polar surface area (TPSA) is 41.5 Å². The fraction of sp³-hybridized carbons (Fsp3) is 0.600. The number of halogens is 1. The van der Waals surface area contributed by atoms with Gasteiger partial charge < -0.3 is 15.2 Å². The molecule has 19 heavy (non-hydrogen) atoms. The molecule has 0 aromatic heterocycles. The maximum Gasteiger partial charge on any atom is 0.123 e. The van der Waals surface area contributed by atoms with Gasteiger partial charge in [-0.05, 0) is 37.1 Å². The van der Waals surface area contributed by atoms with Crippen LogP contribution in [-0.4, -0.2) is 30.0 Å². The van der Waals surface area contributed by atoms with Crippen molar-refractivity contribution in [1.82, 2.24) is 0 Å². The Kier molecular flexibility index (Phi) is 3.46. The minimum atomic E-state index is -0.690. The Bertz CT molecular complexity index is 434. The summed E-state index contributed by atoms with van der Waals surface area (Å²) in [5.74, 6) is -0.0346. The maximum atomic E-state index is 12.9. The molecule has 2 aliphatic rings. The van der Waals surface area contributed by atoms with Crippen LogP contribution in [0.3, 0.4) is 0 Å². The second kappa shape index (κ2) is 5.10. The number of hydrogen-bond acceptors (Lipinski definition) is 3. The molecule has 1 aliphatic carbocycles. The predicted octanol–water partition coefficient (Wildman–Crippen LogP) is 2.56. The van der Waals surface area contributed by atoms with Crippen molar-refractivity contribution < 1.29 is 14.2 Å². The first-order chi connectivity index (χ1) is 9.18. The van der Waals surface area contributed by atoms with Crippen LogP contribution < -0.4 is 5.32 Å². The molecule has 2 N–H and O–H groups in total. The van der Waals surface area contributed by atoms with Crippen molar-refractivity contribution in [3.05, 3.63) is 30.1 Å². The zero-order chi connectivity index (χ0) is 13.3. The summed E-state index contributed by atoms with van der Waals surface area (Å²) in [6.45, 7) is 1.16. The Morgan fingerprint density at radius 2 is 2.00 bits per heavy atom. The van der Waals surface area contributed by atoms with E-state index < -0.39 is 5.60 Å². The number of aliphatic hydroxyl groups is 1. The number of ether oxygens (including phenoxy) is 1. The summed E-state index contributed by atoms with van der Waals surface area (Å²) in [5.41, 5.74) is 0.139. The number of rotatable bonds is 2. The number of hydrogen-bond donors (Lipinski definition) is 2. The van der Waals surface area contributed by atoms with Crippen molar-refractivity contribution in [1.29, 1.82) is 0 Å². The molecule has 3 atom stereocenters. The van der Waals surface area contributed by atoms with Crippen molar-refractivity contribution in [2.45, 2.75) is 37.3 Å². The number of anilines is 1. The van der Waals surface area contributed by atoms with Gasteiger partial charge in [-0.2, -0.15) is 0 Å². The van der Waals surface area contributed by atoms with Gasteiger partial charge in [-0.15, -0.1) is 0 Å². The third-order valence-corrected chi connectivity index (χ3v) is 4.48. The first-order valence-corrected chi connectivity index (χ1v) is 7.01. The van der Waals surface area contributed by atoms with E-state index in [9.17, 15) is 9.50 Å². The average Bonchev–Trinajstić information content (AvgIpc) is 2.42. The molecule has 1 saturated heterocycles. The minimum Gasteiger partial charge on any atom is -0.387 e. The van der Waals surface area contributed by atoms with Gasteiger partial charge in [0.05, 0.1) is 24.9 Å². The van der Waals surface area contributed by atoms with Gasteiger partial charge in [0, 0.05) is 11.6 Å². The maximum absolute atomic E-state index is 12.9. The van der Waals surface area contributed by atoms with E-state index in [0.29, 0.717) is 13.2 Å². The summed E-state index contributed by atoms with van der Waals surface area (Å²) < 4.78 is 18.5. The lowest BCUT2D eigenvalue weighted by atomic mass is 9.70. The fourth-order valence-electron chi connectivity index (χ4n) is 3.33. The quantitative estimate of drug-likeness (QED) is 0.863. The SMILES string of the molecule is O[C@@]12CCCC[C@@H]1COC[C@@H]2Nc1ccc(F)cc1. The first-order valence-electron chi connectivity index (χ1n) is 7.01. The smallest absolute Gasteiger partial charge is 0.123 e. The van der Waals surface area contributed by atoms with Crippen LogP contribution in [0.2, 0.25) is 0 Å². The van der Waals surface area contributed by atoms with Gasteiger partial charge in [-0.1, -0.05) is 12.8 Å². The molecule has 104 valence electrons.